The van der Waals surface area contributed by atoms with E-state index in [1.807, 2.05) is 41.3 Å². The SMILES string of the molecule is NCC(c1cccnc1)n1ncc2ccccc21. The lowest BCUT2D eigenvalue weighted by Crippen LogP contribution is -2.21. The predicted molar refractivity (Wildman–Crippen MR) is 71.2 cm³/mol. The van der Waals surface area contributed by atoms with Crippen LogP contribution in [0.5, 0.6) is 0 Å². The third kappa shape index (κ3) is 1.76. The summed E-state index contributed by atoms with van der Waals surface area (Å²) in [6.07, 6.45) is 5.47. The highest BCUT2D eigenvalue weighted by molar-refractivity contribution is 5.78. The summed E-state index contributed by atoms with van der Waals surface area (Å²) in [6.45, 7) is 0.497. The van der Waals surface area contributed by atoms with Crippen molar-refractivity contribution in [1.29, 1.82) is 0 Å². The van der Waals surface area contributed by atoms with Gasteiger partial charge in [-0.05, 0) is 17.7 Å². The number of aromatic nitrogens is 3. The second-order valence-corrected chi connectivity index (χ2v) is 4.19. The Bertz CT molecular complexity index is 645. The number of hydrogen-bond donors (Lipinski definition) is 1. The number of para-hydroxylation sites is 1. The summed E-state index contributed by atoms with van der Waals surface area (Å²) >= 11 is 0. The molecule has 1 aromatic carbocycles. The van der Waals surface area contributed by atoms with Crippen LogP contribution in [0.15, 0.2) is 55.0 Å². The largest absolute Gasteiger partial charge is 0.328 e. The average Bonchev–Trinajstić information content (AvgIpc) is 2.85. The molecule has 2 heterocycles. The monoisotopic (exact) mass is 238 g/mol. The highest BCUT2D eigenvalue weighted by Crippen LogP contribution is 2.21. The summed E-state index contributed by atoms with van der Waals surface area (Å²) in [4.78, 5) is 4.15. The van der Waals surface area contributed by atoms with Crippen molar-refractivity contribution in [2.45, 2.75) is 6.04 Å². The Hall–Kier alpha value is -2.20. The van der Waals surface area contributed by atoms with E-state index >= 15 is 0 Å². The van der Waals surface area contributed by atoms with Crippen molar-refractivity contribution in [3.8, 4) is 0 Å². The van der Waals surface area contributed by atoms with Gasteiger partial charge in [0.1, 0.15) is 0 Å². The topological polar surface area (TPSA) is 56.7 Å². The van der Waals surface area contributed by atoms with Crippen LogP contribution in [0.2, 0.25) is 0 Å². The summed E-state index contributed by atoms with van der Waals surface area (Å²) < 4.78 is 1.96. The summed E-state index contributed by atoms with van der Waals surface area (Å²) in [7, 11) is 0. The molecule has 0 fully saturated rings. The van der Waals surface area contributed by atoms with Crippen molar-refractivity contribution in [3.63, 3.8) is 0 Å². The van der Waals surface area contributed by atoms with Gasteiger partial charge in [-0.1, -0.05) is 24.3 Å². The molecule has 1 atom stereocenters. The standard InChI is InChI=1S/C14H14N4/c15-8-14(11-5-3-7-16-9-11)18-13-6-2-1-4-12(13)10-17-18/h1-7,9-10,14H,8,15H2. The van der Waals surface area contributed by atoms with E-state index in [2.05, 4.69) is 22.2 Å². The fourth-order valence-corrected chi connectivity index (χ4v) is 2.19. The van der Waals surface area contributed by atoms with Gasteiger partial charge < -0.3 is 5.73 Å². The molecular weight excluding hydrogens is 224 g/mol. The van der Waals surface area contributed by atoms with Crippen LogP contribution in [0.4, 0.5) is 0 Å². The van der Waals surface area contributed by atoms with Gasteiger partial charge in [0.05, 0.1) is 17.8 Å². The number of nitrogens with two attached hydrogens (primary N) is 1. The fourth-order valence-electron chi connectivity index (χ4n) is 2.19. The van der Waals surface area contributed by atoms with E-state index in [1.165, 1.54) is 0 Å². The molecule has 0 aliphatic heterocycles. The Morgan fingerprint density at radius 1 is 1.11 bits per heavy atom. The van der Waals surface area contributed by atoms with Crippen molar-refractivity contribution in [2.75, 3.05) is 6.54 Å². The third-order valence-electron chi connectivity index (χ3n) is 3.09. The highest BCUT2D eigenvalue weighted by atomic mass is 15.3. The van der Waals surface area contributed by atoms with Gasteiger partial charge in [0.2, 0.25) is 0 Å². The van der Waals surface area contributed by atoms with Crippen molar-refractivity contribution in [1.82, 2.24) is 14.8 Å². The van der Waals surface area contributed by atoms with Gasteiger partial charge in [-0.25, -0.2) is 0 Å². The normalized spacial score (nSPS) is 12.7. The Morgan fingerprint density at radius 3 is 2.78 bits per heavy atom. The molecule has 0 bridgehead atoms. The van der Waals surface area contributed by atoms with E-state index in [0.29, 0.717) is 6.54 Å². The molecule has 0 amide bonds. The molecular formula is C14H14N4. The summed E-state index contributed by atoms with van der Waals surface area (Å²) in [5.41, 5.74) is 8.07. The number of fused-ring (bicyclic) bond motifs is 1. The maximum atomic E-state index is 5.90. The van der Waals surface area contributed by atoms with Gasteiger partial charge in [0, 0.05) is 24.3 Å². The van der Waals surface area contributed by atoms with E-state index in [0.717, 1.165) is 16.5 Å². The molecule has 0 saturated heterocycles. The molecule has 0 spiro atoms. The van der Waals surface area contributed by atoms with E-state index in [-0.39, 0.29) is 6.04 Å². The Labute approximate surface area is 105 Å². The van der Waals surface area contributed by atoms with Gasteiger partial charge in [-0.2, -0.15) is 5.10 Å². The number of hydrogen-bond acceptors (Lipinski definition) is 3. The smallest absolute Gasteiger partial charge is 0.0912 e. The second kappa shape index (κ2) is 4.58. The molecule has 0 saturated carbocycles. The molecule has 0 aliphatic carbocycles. The Morgan fingerprint density at radius 2 is 2.00 bits per heavy atom. The summed E-state index contributed by atoms with van der Waals surface area (Å²) in [5, 5.41) is 5.58. The van der Waals surface area contributed by atoms with Crippen LogP contribution in [0.1, 0.15) is 11.6 Å². The number of pyridine rings is 1. The van der Waals surface area contributed by atoms with Crippen LogP contribution in [0.3, 0.4) is 0 Å². The van der Waals surface area contributed by atoms with Gasteiger partial charge >= 0.3 is 0 Å². The zero-order valence-electron chi connectivity index (χ0n) is 9.90. The first kappa shape index (κ1) is 10.9. The third-order valence-corrected chi connectivity index (χ3v) is 3.09. The quantitative estimate of drug-likeness (QED) is 0.759. The second-order valence-electron chi connectivity index (χ2n) is 4.19. The molecule has 1 unspecified atom stereocenters. The van der Waals surface area contributed by atoms with E-state index < -0.39 is 0 Å². The van der Waals surface area contributed by atoms with Crippen LogP contribution in [0.25, 0.3) is 10.9 Å². The molecule has 18 heavy (non-hydrogen) atoms. The average molecular weight is 238 g/mol. The maximum absolute atomic E-state index is 5.90. The molecule has 3 rings (SSSR count). The minimum Gasteiger partial charge on any atom is -0.328 e. The molecule has 0 aliphatic rings. The van der Waals surface area contributed by atoms with Crippen molar-refractivity contribution in [3.05, 3.63) is 60.6 Å². The lowest BCUT2D eigenvalue weighted by atomic mass is 10.1. The lowest BCUT2D eigenvalue weighted by molar-refractivity contribution is 0.547. The van der Waals surface area contributed by atoms with Gasteiger partial charge in [0.15, 0.2) is 0 Å². The molecule has 2 aromatic heterocycles. The van der Waals surface area contributed by atoms with Gasteiger partial charge in [0.25, 0.3) is 0 Å². The summed E-state index contributed by atoms with van der Waals surface area (Å²) in [5.74, 6) is 0. The van der Waals surface area contributed by atoms with Crippen LogP contribution in [0, 0.1) is 0 Å². The maximum Gasteiger partial charge on any atom is 0.0912 e. The fraction of sp³-hybridized carbons (Fsp3) is 0.143. The Kier molecular flexibility index (Phi) is 2.78. The van der Waals surface area contributed by atoms with Crippen LogP contribution in [-0.2, 0) is 0 Å². The Balaban J connectivity index is 2.12. The number of rotatable bonds is 3. The molecule has 4 heteroatoms. The minimum atomic E-state index is 0.0265. The number of nitrogens with zero attached hydrogens (tertiary/aromatic N) is 3. The van der Waals surface area contributed by atoms with Crippen LogP contribution in [-0.4, -0.2) is 21.3 Å². The van der Waals surface area contributed by atoms with Gasteiger partial charge in [-0.15, -0.1) is 0 Å². The van der Waals surface area contributed by atoms with E-state index in [9.17, 15) is 0 Å². The minimum absolute atomic E-state index is 0.0265. The van der Waals surface area contributed by atoms with Crippen molar-refractivity contribution in [2.24, 2.45) is 5.73 Å². The van der Waals surface area contributed by atoms with Crippen LogP contribution < -0.4 is 5.73 Å². The molecule has 4 nitrogen and oxygen atoms in total. The number of benzene rings is 1. The highest BCUT2D eigenvalue weighted by Gasteiger charge is 2.15. The van der Waals surface area contributed by atoms with Gasteiger partial charge in [-0.3, -0.25) is 9.67 Å². The summed E-state index contributed by atoms with van der Waals surface area (Å²) in [6, 6.07) is 12.1. The van der Waals surface area contributed by atoms with Crippen molar-refractivity contribution >= 4 is 10.9 Å². The lowest BCUT2D eigenvalue weighted by Gasteiger charge is -2.16. The first-order valence-corrected chi connectivity index (χ1v) is 5.92. The zero-order valence-corrected chi connectivity index (χ0v) is 9.90. The van der Waals surface area contributed by atoms with E-state index in [1.54, 1.807) is 6.20 Å². The first-order chi connectivity index (χ1) is 8.90. The zero-order chi connectivity index (χ0) is 12.4. The first-order valence-electron chi connectivity index (χ1n) is 5.92. The van der Waals surface area contributed by atoms with E-state index in [4.69, 9.17) is 5.73 Å². The van der Waals surface area contributed by atoms with Crippen LogP contribution >= 0.6 is 0 Å². The molecule has 3 aromatic rings. The van der Waals surface area contributed by atoms with Crippen molar-refractivity contribution < 1.29 is 0 Å². The molecule has 90 valence electrons. The molecule has 0 radical (unpaired) electrons. The predicted octanol–water partition coefficient (Wildman–Crippen LogP) is 1.98. The molecule has 2 N–H and O–H groups in total.